The standard InChI is InChI=1S/C12H22N2O2/c15-11-12-2-1-3-14(10-12)5-4-13-6-8-16-9-7-13/h11-12H,1-10H2. The van der Waals surface area contributed by atoms with Gasteiger partial charge >= 0.3 is 0 Å². The normalized spacial score (nSPS) is 29.1. The summed E-state index contributed by atoms with van der Waals surface area (Å²) in [6.07, 6.45) is 3.38. The average Bonchev–Trinajstić information content (AvgIpc) is 2.38. The summed E-state index contributed by atoms with van der Waals surface area (Å²) in [6, 6.07) is 0. The number of nitrogens with zero attached hydrogens (tertiary/aromatic N) is 2. The highest BCUT2D eigenvalue weighted by atomic mass is 16.5. The topological polar surface area (TPSA) is 32.8 Å². The maximum absolute atomic E-state index is 10.8. The molecule has 0 aliphatic carbocycles. The summed E-state index contributed by atoms with van der Waals surface area (Å²) < 4.78 is 5.32. The molecule has 1 unspecified atom stereocenters. The number of morpholine rings is 1. The number of hydrogen-bond donors (Lipinski definition) is 0. The van der Waals surface area contributed by atoms with Gasteiger partial charge in [0.2, 0.25) is 0 Å². The lowest BCUT2D eigenvalue weighted by Gasteiger charge is -2.33. The molecule has 2 rings (SSSR count). The van der Waals surface area contributed by atoms with E-state index in [9.17, 15) is 4.79 Å². The van der Waals surface area contributed by atoms with Crippen LogP contribution in [0.2, 0.25) is 0 Å². The van der Waals surface area contributed by atoms with Gasteiger partial charge in [-0.25, -0.2) is 0 Å². The Labute approximate surface area is 97.5 Å². The SMILES string of the molecule is O=CC1CCCN(CCN2CCOCC2)C1. The highest BCUT2D eigenvalue weighted by molar-refractivity contribution is 5.53. The van der Waals surface area contributed by atoms with Crippen molar-refractivity contribution >= 4 is 6.29 Å². The van der Waals surface area contributed by atoms with Crippen LogP contribution in [0.3, 0.4) is 0 Å². The molecule has 2 fully saturated rings. The van der Waals surface area contributed by atoms with Crippen molar-refractivity contribution in [3.05, 3.63) is 0 Å². The number of aldehydes is 1. The van der Waals surface area contributed by atoms with Gasteiger partial charge in [-0.15, -0.1) is 0 Å². The third-order valence-corrected chi connectivity index (χ3v) is 3.57. The second-order valence-corrected chi connectivity index (χ2v) is 4.79. The Kier molecular flexibility index (Phi) is 4.75. The Bertz CT molecular complexity index is 217. The minimum absolute atomic E-state index is 0.276. The van der Waals surface area contributed by atoms with Gasteiger partial charge in [-0.1, -0.05) is 0 Å². The molecule has 16 heavy (non-hydrogen) atoms. The van der Waals surface area contributed by atoms with Crippen LogP contribution in [0.4, 0.5) is 0 Å². The fourth-order valence-electron chi connectivity index (χ4n) is 2.51. The molecule has 0 bridgehead atoms. The quantitative estimate of drug-likeness (QED) is 0.642. The number of rotatable bonds is 4. The Morgan fingerprint density at radius 1 is 1.12 bits per heavy atom. The maximum atomic E-state index is 10.8. The van der Waals surface area contributed by atoms with Gasteiger partial charge in [0.05, 0.1) is 13.2 Å². The van der Waals surface area contributed by atoms with Crippen LogP contribution in [0.25, 0.3) is 0 Å². The van der Waals surface area contributed by atoms with Gasteiger partial charge in [0.25, 0.3) is 0 Å². The molecule has 2 saturated heterocycles. The number of ether oxygens (including phenoxy) is 1. The average molecular weight is 226 g/mol. The van der Waals surface area contributed by atoms with Crippen molar-refractivity contribution in [3.63, 3.8) is 0 Å². The summed E-state index contributed by atoms with van der Waals surface area (Å²) in [5.41, 5.74) is 0. The lowest BCUT2D eigenvalue weighted by atomic mass is 10.00. The van der Waals surface area contributed by atoms with Crippen molar-refractivity contribution in [3.8, 4) is 0 Å². The van der Waals surface area contributed by atoms with Gasteiger partial charge in [0.15, 0.2) is 0 Å². The molecule has 1 atom stereocenters. The minimum Gasteiger partial charge on any atom is -0.379 e. The summed E-state index contributed by atoms with van der Waals surface area (Å²) in [6.45, 7) is 8.21. The molecule has 0 radical (unpaired) electrons. The first kappa shape index (κ1) is 12.0. The minimum atomic E-state index is 0.276. The molecule has 2 aliphatic rings. The fourth-order valence-corrected chi connectivity index (χ4v) is 2.51. The summed E-state index contributed by atoms with van der Waals surface area (Å²) in [7, 11) is 0. The Morgan fingerprint density at radius 3 is 2.62 bits per heavy atom. The first-order valence-electron chi connectivity index (χ1n) is 6.36. The van der Waals surface area contributed by atoms with E-state index in [-0.39, 0.29) is 5.92 Å². The van der Waals surface area contributed by atoms with Crippen molar-refractivity contribution in [2.75, 3.05) is 52.5 Å². The Morgan fingerprint density at radius 2 is 1.88 bits per heavy atom. The van der Waals surface area contributed by atoms with Crippen molar-refractivity contribution in [2.24, 2.45) is 5.92 Å². The van der Waals surface area contributed by atoms with Gasteiger partial charge in [0.1, 0.15) is 6.29 Å². The molecule has 0 amide bonds. The van der Waals surface area contributed by atoms with Crippen LogP contribution in [-0.2, 0) is 9.53 Å². The van der Waals surface area contributed by atoms with E-state index in [4.69, 9.17) is 4.74 Å². The van der Waals surface area contributed by atoms with Crippen LogP contribution in [0.5, 0.6) is 0 Å². The van der Waals surface area contributed by atoms with Gasteiger partial charge in [0, 0.05) is 38.6 Å². The highest BCUT2D eigenvalue weighted by Crippen LogP contribution is 2.14. The molecule has 2 aliphatic heterocycles. The zero-order valence-corrected chi connectivity index (χ0v) is 9.94. The van der Waals surface area contributed by atoms with Crippen LogP contribution < -0.4 is 0 Å². The number of carbonyl (C=O) groups excluding carboxylic acids is 1. The van der Waals surface area contributed by atoms with Crippen molar-refractivity contribution in [1.29, 1.82) is 0 Å². The molecule has 92 valence electrons. The molecule has 0 saturated carbocycles. The smallest absolute Gasteiger partial charge is 0.124 e. The fraction of sp³-hybridized carbons (Fsp3) is 0.917. The van der Waals surface area contributed by atoms with E-state index in [2.05, 4.69) is 9.80 Å². The van der Waals surface area contributed by atoms with E-state index >= 15 is 0 Å². The van der Waals surface area contributed by atoms with Crippen LogP contribution in [-0.4, -0.2) is 68.6 Å². The molecule has 0 aromatic rings. The number of likely N-dealkylation sites (tertiary alicyclic amines) is 1. The second kappa shape index (κ2) is 6.33. The molecule has 4 nitrogen and oxygen atoms in total. The van der Waals surface area contributed by atoms with Crippen molar-refractivity contribution in [1.82, 2.24) is 9.80 Å². The molecule has 2 heterocycles. The zero-order chi connectivity index (χ0) is 11.2. The van der Waals surface area contributed by atoms with E-state index in [0.717, 1.165) is 65.2 Å². The first-order chi connectivity index (χ1) is 7.88. The molecule has 0 aromatic heterocycles. The molecular formula is C12H22N2O2. The van der Waals surface area contributed by atoms with E-state index in [0.29, 0.717) is 0 Å². The lowest BCUT2D eigenvalue weighted by molar-refractivity contribution is -0.112. The van der Waals surface area contributed by atoms with Crippen molar-refractivity contribution < 1.29 is 9.53 Å². The molecule has 0 spiro atoms. The van der Waals surface area contributed by atoms with Gasteiger partial charge in [-0.3, -0.25) is 4.90 Å². The van der Waals surface area contributed by atoms with E-state index in [1.54, 1.807) is 0 Å². The summed E-state index contributed by atoms with van der Waals surface area (Å²) in [5, 5.41) is 0. The second-order valence-electron chi connectivity index (χ2n) is 4.79. The van der Waals surface area contributed by atoms with Crippen LogP contribution in [0.15, 0.2) is 0 Å². The van der Waals surface area contributed by atoms with Gasteiger partial charge in [-0.05, 0) is 19.4 Å². The Balaban J connectivity index is 1.66. The summed E-state index contributed by atoms with van der Waals surface area (Å²) in [5.74, 6) is 0.276. The van der Waals surface area contributed by atoms with Gasteiger partial charge < -0.3 is 14.4 Å². The van der Waals surface area contributed by atoms with Gasteiger partial charge in [-0.2, -0.15) is 0 Å². The molecular weight excluding hydrogens is 204 g/mol. The molecule has 0 aromatic carbocycles. The first-order valence-corrected chi connectivity index (χ1v) is 6.36. The summed E-state index contributed by atoms with van der Waals surface area (Å²) in [4.78, 5) is 15.6. The zero-order valence-electron chi connectivity index (χ0n) is 9.94. The predicted molar refractivity (Wildman–Crippen MR) is 62.5 cm³/mol. The largest absolute Gasteiger partial charge is 0.379 e. The van der Waals surface area contributed by atoms with Crippen LogP contribution in [0.1, 0.15) is 12.8 Å². The third kappa shape index (κ3) is 3.54. The number of carbonyl (C=O) groups is 1. The van der Waals surface area contributed by atoms with E-state index in [1.165, 1.54) is 6.42 Å². The van der Waals surface area contributed by atoms with Crippen LogP contribution in [0, 0.1) is 5.92 Å². The Hall–Kier alpha value is -0.450. The molecule has 4 heteroatoms. The van der Waals surface area contributed by atoms with Crippen LogP contribution >= 0.6 is 0 Å². The maximum Gasteiger partial charge on any atom is 0.124 e. The third-order valence-electron chi connectivity index (χ3n) is 3.57. The molecule has 0 N–H and O–H groups in total. The predicted octanol–water partition coefficient (Wildman–Crippen LogP) is 0.230. The summed E-state index contributed by atoms with van der Waals surface area (Å²) >= 11 is 0. The van der Waals surface area contributed by atoms with E-state index in [1.807, 2.05) is 0 Å². The number of hydrogen-bond acceptors (Lipinski definition) is 4. The monoisotopic (exact) mass is 226 g/mol. The lowest BCUT2D eigenvalue weighted by Crippen LogP contribution is -2.44. The van der Waals surface area contributed by atoms with E-state index < -0.39 is 0 Å². The highest BCUT2D eigenvalue weighted by Gasteiger charge is 2.19. The number of piperidine rings is 1. The van der Waals surface area contributed by atoms with Crippen molar-refractivity contribution in [2.45, 2.75) is 12.8 Å².